The second kappa shape index (κ2) is 15.5. The number of para-hydroxylation sites is 2. The zero-order valence-electron chi connectivity index (χ0n) is 30.7. The molecule has 0 aliphatic heterocycles. The van der Waals surface area contributed by atoms with Crippen molar-refractivity contribution in [2.24, 2.45) is 15.7 Å². The molecule has 0 saturated heterocycles. The van der Waals surface area contributed by atoms with E-state index in [9.17, 15) is 0 Å². The average molecular weight is 722 g/mol. The fraction of sp³-hybridized carbons (Fsp3) is 0.0196. The van der Waals surface area contributed by atoms with Crippen LogP contribution in [0, 0.1) is 0 Å². The second-order valence-corrected chi connectivity index (χ2v) is 13.7. The Morgan fingerprint density at radius 2 is 1.16 bits per heavy atom. The number of hydrogen-bond acceptors (Lipinski definition) is 3. The van der Waals surface area contributed by atoms with Crippen molar-refractivity contribution in [2.75, 3.05) is 5.32 Å². The van der Waals surface area contributed by atoms with Gasteiger partial charge < -0.3 is 15.6 Å². The van der Waals surface area contributed by atoms with Gasteiger partial charge in [-0.15, -0.1) is 0 Å². The normalized spacial score (nSPS) is 12.3. The van der Waals surface area contributed by atoms with Gasteiger partial charge in [-0.25, -0.2) is 4.99 Å². The molecule has 0 fully saturated rings. The van der Waals surface area contributed by atoms with Crippen LogP contribution in [0.25, 0.3) is 49.7 Å². The molecule has 268 valence electrons. The van der Waals surface area contributed by atoms with Gasteiger partial charge in [0, 0.05) is 45.2 Å². The Balaban J connectivity index is 1.07. The fourth-order valence-electron chi connectivity index (χ4n) is 7.35. The van der Waals surface area contributed by atoms with Crippen molar-refractivity contribution in [1.29, 1.82) is 0 Å². The molecule has 5 nitrogen and oxygen atoms in total. The molecule has 5 heteroatoms. The fourth-order valence-corrected chi connectivity index (χ4v) is 7.35. The van der Waals surface area contributed by atoms with Crippen molar-refractivity contribution >= 4 is 45.2 Å². The molecule has 0 amide bonds. The molecule has 0 aliphatic carbocycles. The quantitative estimate of drug-likeness (QED) is 0.109. The number of anilines is 2. The molecule has 1 aromatic heterocycles. The second-order valence-electron chi connectivity index (χ2n) is 13.7. The van der Waals surface area contributed by atoms with Crippen LogP contribution in [0.3, 0.4) is 0 Å². The van der Waals surface area contributed by atoms with Crippen LogP contribution in [-0.2, 0) is 0 Å². The Morgan fingerprint density at radius 1 is 0.536 bits per heavy atom. The molecule has 1 unspecified atom stereocenters. The molecule has 8 aromatic carbocycles. The maximum absolute atomic E-state index is 6.46. The van der Waals surface area contributed by atoms with Crippen LogP contribution in [0.2, 0.25) is 0 Å². The monoisotopic (exact) mass is 721 g/mol. The first-order chi connectivity index (χ1) is 27.7. The predicted octanol–water partition coefficient (Wildman–Crippen LogP) is 12.4. The molecule has 3 N–H and O–H groups in total. The number of hydrogen-bond donors (Lipinski definition) is 2. The number of nitrogens with zero attached hydrogens (tertiary/aromatic N) is 3. The Kier molecular flexibility index (Phi) is 9.47. The average Bonchev–Trinajstić information content (AvgIpc) is 3.59. The van der Waals surface area contributed by atoms with E-state index in [1.54, 1.807) is 0 Å². The largest absolute Gasteiger partial charge is 0.383 e. The predicted molar refractivity (Wildman–Crippen MR) is 235 cm³/mol. The highest BCUT2D eigenvalue weighted by Crippen LogP contribution is 2.40. The van der Waals surface area contributed by atoms with Crippen LogP contribution < -0.4 is 11.1 Å². The zero-order valence-corrected chi connectivity index (χ0v) is 30.7. The van der Waals surface area contributed by atoms with Gasteiger partial charge in [0.25, 0.3) is 0 Å². The Labute approximate surface area is 326 Å². The van der Waals surface area contributed by atoms with Crippen molar-refractivity contribution < 1.29 is 0 Å². The van der Waals surface area contributed by atoms with E-state index in [1.165, 1.54) is 16.3 Å². The third-order valence-corrected chi connectivity index (χ3v) is 10.1. The minimum absolute atomic E-state index is 0.450. The van der Waals surface area contributed by atoms with Gasteiger partial charge in [0.1, 0.15) is 5.84 Å². The molecule has 56 heavy (non-hydrogen) atoms. The molecule has 9 aromatic rings. The lowest BCUT2D eigenvalue weighted by molar-refractivity contribution is 0.781. The summed E-state index contributed by atoms with van der Waals surface area (Å²) in [5, 5.41) is 6.27. The summed E-state index contributed by atoms with van der Waals surface area (Å²) in [4.78, 5) is 9.77. The van der Waals surface area contributed by atoms with Gasteiger partial charge in [-0.3, -0.25) is 4.99 Å². The van der Waals surface area contributed by atoms with Gasteiger partial charge >= 0.3 is 0 Å². The van der Waals surface area contributed by atoms with E-state index in [-0.39, 0.29) is 0 Å². The van der Waals surface area contributed by atoms with E-state index in [1.807, 2.05) is 66.9 Å². The van der Waals surface area contributed by atoms with Crippen LogP contribution >= 0.6 is 0 Å². The maximum atomic E-state index is 6.46. The number of aromatic nitrogens is 1. The highest BCUT2D eigenvalue weighted by atomic mass is 15.0. The molecule has 0 bridgehead atoms. The van der Waals surface area contributed by atoms with Crippen molar-refractivity contribution in [1.82, 2.24) is 4.57 Å². The summed E-state index contributed by atoms with van der Waals surface area (Å²) in [5.74, 6) is 0.450. The lowest BCUT2D eigenvalue weighted by Crippen LogP contribution is -2.14. The molecule has 1 atom stereocenters. The molecule has 0 saturated carbocycles. The SMILES string of the molecule is NC(=NC(N=Cc1cccc(-c2cccc(Nc3cc4c(cc3-c3ccccc3)c3ccccc3n4-c3ccccc3)c2)c1)c1ccccc1)c1ccccc1. The van der Waals surface area contributed by atoms with Crippen LogP contribution in [-0.4, -0.2) is 16.6 Å². The summed E-state index contributed by atoms with van der Waals surface area (Å²) >= 11 is 0. The van der Waals surface area contributed by atoms with Crippen LogP contribution in [0.1, 0.15) is 22.9 Å². The van der Waals surface area contributed by atoms with E-state index in [2.05, 4.69) is 155 Å². The number of fused-ring (bicyclic) bond motifs is 3. The molecule has 0 radical (unpaired) electrons. The molecule has 0 spiro atoms. The van der Waals surface area contributed by atoms with Gasteiger partial charge in [0.2, 0.25) is 0 Å². The summed E-state index contributed by atoms with van der Waals surface area (Å²) in [7, 11) is 0. The highest BCUT2D eigenvalue weighted by molar-refractivity contribution is 6.12. The Morgan fingerprint density at radius 3 is 1.93 bits per heavy atom. The topological polar surface area (TPSA) is 67.7 Å². The third kappa shape index (κ3) is 7.09. The lowest BCUT2D eigenvalue weighted by Gasteiger charge is -2.16. The molecule has 1 heterocycles. The first kappa shape index (κ1) is 34.3. The van der Waals surface area contributed by atoms with Gasteiger partial charge in [0.15, 0.2) is 6.17 Å². The van der Waals surface area contributed by atoms with Crippen molar-refractivity contribution in [3.8, 4) is 27.9 Å². The Hall–Kier alpha value is -7.50. The van der Waals surface area contributed by atoms with E-state index in [0.29, 0.717) is 5.84 Å². The summed E-state index contributed by atoms with van der Waals surface area (Å²) in [6.45, 7) is 0. The maximum Gasteiger partial charge on any atom is 0.167 e. The molecular formula is C51H39N5. The van der Waals surface area contributed by atoms with E-state index in [4.69, 9.17) is 15.7 Å². The summed E-state index contributed by atoms with van der Waals surface area (Å²) in [6, 6.07) is 71.4. The van der Waals surface area contributed by atoms with Crippen molar-refractivity contribution in [3.63, 3.8) is 0 Å². The molecule has 9 rings (SSSR count). The highest BCUT2D eigenvalue weighted by Gasteiger charge is 2.17. The van der Waals surface area contributed by atoms with Crippen LogP contribution in [0.15, 0.2) is 216 Å². The number of nitrogens with two attached hydrogens (primary N) is 1. The van der Waals surface area contributed by atoms with Crippen LogP contribution in [0.4, 0.5) is 11.4 Å². The van der Waals surface area contributed by atoms with Crippen molar-refractivity contribution in [3.05, 3.63) is 223 Å². The number of aliphatic imine (C=N–C) groups is 2. The first-order valence-corrected chi connectivity index (χ1v) is 18.8. The molecular weight excluding hydrogens is 683 g/mol. The third-order valence-electron chi connectivity index (χ3n) is 10.1. The van der Waals surface area contributed by atoms with Gasteiger partial charge in [-0.1, -0.05) is 158 Å². The van der Waals surface area contributed by atoms with E-state index < -0.39 is 6.17 Å². The number of benzene rings is 8. The number of amidine groups is 1. The van der Waals surface area contributed by atoms with Crippen molar-refractivity contribution in [2.45, 2.75) is 6.17 Å². The number of rotatable bonds is 10. The Bertz CT molecular complexity index is 2820. The van der Waals surface area contributed by atoms with Crippen LogP contribution in [0.5, 0.6) is 0 Å². The molecule has 0 aliphatic rings. The number of nitrogens with one attached hydrogen (secondary N) is 1. The first-order valence-electron chi connectivity index (χ1n) is 18.8. The van der Waals surface area contributed by atoms with Gasteiger partial charge in [0.05, 0.1) is 11.0 Å². The lowest BCUT2D eigenvalue weighted by atomic mass is 9.99. The minimum Gasteiger partial charge on any atom is -0.383 e. The summed E-state index contributed by atoms with van der Waals surface area (Å²) in [5.41, 5.74) is 19.2. The minimum atomic E-state index is -0.482. The van der Waals surface area contributed by atoms with Gasteiger partial charge in [-0.05, 0) is 76.3 Å². The van der Waals surface area contributed by atoms with E-state index in [0.717, 1.165) is 61.5 Å². The van der Waals surface area contributed by atoms with Gasteiger partial charge in [-0.2, -0.15) is 0 Å². The summed E-state index contributed by atoms with van der Waals surface area (Å²) < 4.78 is 2.36. The van der Waals surface area contributed by atoms with E-state index >= 15 is 0 Å². The standard InChI is InChI=1S/C51H39N5/c52-50(38-20-7-2-8-21-38)55-51(39-22-9-3-10-23-39)53-35-36-17-15-24-40(31-36)41-25-16-26-42(32-41)54-47-34-49-46(33-45(47)37-18-5-1-6-19-37)44-29-13-14-30-48(44)56(49)43-27-11-4-12-28-43/h1-35,51,54H,(H2,52,55). The smallest absolute Gasteiger partial charge is 0.167 e. The summed E-state index contributed by atoms with van der Waals surface area (Å²) in [6.07, 6.45) is 1.41. The zero-order chi connectivity index (χ0) is 37.7.